The van der Waals surface area contributed by atoms with E-state index < -0.39 is 86.8 Å². The largest absolute Gasteiger partial charge is 0.394 e. The van der Waals surface area contributed by atoms with E-state index in [1.54, 1.807) is 6.08 Å². The van der Waals surface area contributed by atoms with Crippen molar-refractivity contribution in [2.45, 2.75) is 338 Å². The molecule has 2 heterocycles. The maximum atomic E-state index is 13.4. The van der Waals surface area contributed by atoms with Gasteiger partial charge >= 0.3 is 0 Å². The molecule has 14 heteroatoms. The predicted octanol–water partition coefficient (Wildman–Crippen LogP) is 18.1. The molecule has 101 heavy (non-hydrogen) atoms. The van der Waals surface area contributed by atoms with Crippen LogP contribution < -0.4 is 5.32 Å². The summed E-state index contributed by atoms with van der Waals surface area (Å²) >= 11 is 0. The summed E-state index contributed by atoms with van der Waals surface area (Å²) in [6, 6.07) is -0.978. The molecular weight excluding hydrogens is 1270 g/mol. The number of carbonyl (C=O) groups excluding carboxylic acids is 1. The summed E-state index contributed by atoms with van der Waals surface area (Å²) in [5, 5.41) is 87.5. The van der Waals surface area contributed by atoms with Gasteiger partial charge < -0.3 is 65.1 Å². The van der Waals surface area contributed by atoms with Crippen LogP contribution in [0.2, 0.25) is 0 Å². The van der Waals surface area contributed by atoms with E-state index in [0.29, 0.717) is 12.8 Å². The Kier molecular flexibility index (Phi) is 62.3. The van der Waals surface area contributed by atoms with Crippen LogP contribution in [0.4, 0.5) is 0 Å². The first-order valence-corrected chi connectivity index (χ1v) is 39.5. The third kappa shape index (κ3) is 51.0. The normalized spacial score (nSPS) is 22.8. The zero-order chi connectivity index (χ0) is 73.0. The van der Waals surface area contributed by atoms with E-state index in [4.69, 9.17) is 18.9 Å². The Bertz CT molecular complexity index is 2410. The van der Waals surface area contributed by atoms with Crippen molar-refractivity contribution in [1.29, 1.82) is 0 Å². The minimum Gasteiger partial charge on any atom is -0.394 e. The summed E-state index contributed by atoms with van der Waals surface area (Å²) in [6.07, 6.45) is 91.1. The molecule has 2 fully saturated rings. The maximum absolute atomic E-state index is 13.4. The molecule has 12 atom stereocenters. The number of allylic oxidation sites excluding steroid dienone is 29. The second kappa shape index (κ2) is 68.2. The summed E-state index contributed by atoms with van der Waals surface area (Å²) in [5.41, 5.74) is 0. The van der Waals surface area contributed by atoms with E-state index in [0.717, 1.165) is 116 Å². The fraction of sp³-hybridized carbons (Fsp3) is 0.644. The van der Waals surface area contributed by atoms with Gasteiger partial charge in [-0.25, -0.2) is 0 Å². The van der Waals surface area contributed by atoms with Gasteiger partial charge in [0.2, 0.25) is 5.91 Å². The second-order valence-corrected chi connectivity index (χ2v) is 26.7. The Hall–Kier alpha value is -4.91. The second-order valence-electron chi connectivity index (χ2n) is 26.7. The molecule has 2 aliphatic heterocycles. The van der Waals surface area contributed by atoms with Crippen molar-refractivity contribution in [1.82, 2.24) is 5.32 Å². The van der Waals surface area contributed by atoms with Crippen LogP contribution >= 0.6 is 0 Å². The van der Waals surface area contributed by atoms with Gasteiger partial charge in [0, 0.05) is 6.42 Å². The Morgan fingerprint density at radius 1 is 0.366 bits per heavy atom. The maximum Gasteiger partial charge on any atom is 0.220 e. The monoisotopic (exact) mass is 1410 g/mol. The highest BCUT2D eigenvalue weighted by molar-refractivity contribution is 5.76. The molecular formula is C87H141NO13. The molecule has 9 N–H and O–H groups in total. The van der Waals surface area contributed by atoms with Gasteiger partial charge in [0.15, 0.2) is 12.6 Å². The van der Waals surface area contributed by atoms with Gasteiger partial charge in [-0.2, -0.15) is 0 Å². The summed E-state index contributed by atoms with van der Waals surface area (Å²) in [5.74, 6) is -0.301. The van der Waals surface area contributed by atoms with Crippen LogP contribution in [0.1, 0.15) is 264 Å². The number of aliphatic hydroxyl groups excluding tert-OH is 8. The number of nitrogens with one attached hydrogen (secondary N) is 1. The number of ether oxygens (including phenoxy) is 4. The summed E-state index contributed by atoms with van der Waals surface area (Å²) in [7, 11) is 0. The molecule has 0 radical (unpaired) electrons. The minimum absolute atomic E-state index is 0.202. The molecule has 2 rings (SSSR count). The van der Waals surface area contributed by atoms with Crippen LogP contribution in [-0.2, 0) is 23.7 Å². The molecule has 2 saturated heterocycles. The minimum atomic E-state index is -1.81. The Morgan fingerprint density at radius 3 is 1.09 bits per heavy atom. The first kappa shape index (κ1) is 92.2. The zero-order valence-corrected chi connectivity index (χ0v) is 62.6. The molecule has 0 aliphatic carbocycles. The van der Waals surface area contributed by atoms with Crippen LogP contribution in [0.15, 0.2) is 182 Å². The fourth-order valence-corrected chi connectivity index (χ4v) is 11.6. The topological polar surface area (TPSA) is 228 Å². The van der Waals surface area contributed by atoms with Gasteiger partial charge in [-0.15, -0.1) is 0 Å². The number of hydrogen-bond donors (Lipinski definition) is 9. The van der Waals surface area contributed by atoms with E-state index in [1.807, 2.05) is 6.08 Å². The van der Waals surface area contributed by atoms with Crippen LogP contribution in [0.5, 0.6) is 0 Å². The smallest absolute Gasteiger partial charge is 0.220 e. The standard InChI is InChI=1S/C87H141NO13/c1-3-5-7-9-11-13-15-17-19-21-23-25-27-29-31-33-34-35-36-37-38-39-40-41-42-43-45-47-49-51-53-55-57-59-61-63-65-67-69-71-79(92)88-75(74-98-86-84(97)82(95)85(78(73-90)100-86)101-87-83(96)81(94)80(93)77(72-89)99-87)76(91)70-68-66-64-62-60-58-56-54-52-50-48-46-44-32-30-28-26-24-22-20-18-16-14-12-10-8-6-4-2/h5,7,11,13,17,19,23,25,29,31,34-35,37-38,40-41,43,45,49,51-52,54-55,57,60-63,68,70,75-78,80-87,89-91,93-97H,3-4,6,8-10,12,14-16,18,20-22,24,26-28,30,32-33,36,39,42,44,46-48,50,53,56,58-59,64-67,69,71-74H2,1-2H3,(H,88,92)/b7-5-,13-11-,19-17-,25-23-,31-29-,35-34-,38-37-,41-40-,45-43-,51-49-,54-52+,57-55-,62-60+,63-61-,70-68+. The van der Waals surface area contributed by atoms with Crippen molar-refractivity contribution < 1.29 is 64.6 Å². The zero-order valence-electron chi connectivity index (χ0n) is 62.6. The molecule has 14 nitrogen and oxygen atoms in total. The molecule has 0 aromatic rings. The summed E-state index contributed by atoms with van der Waals surface area (Å²) in [4.78, 5) is 13.4. The van der Waals surface area contributed by atoms with Gasteiger partial charge in [0.25, 0.3) is 0 Å². The van der Waals surface area contributed by atoms with Crippen molar-refractivity contribution >= 4 is 5.91 Å². The van der Waals surface area contributed by atoms with Crippen molar-refractivity contribution in [2.24, 2.45) is 0 Å². The van der Waals surface area contributed by atoms with Crippen molar-refractivity contribution in [3.63, 3.8) is 0 Å². The Balaban J connectivity index is 1.70. The van der Waals surface area contributed by atoms with Gasteiger partial charge in [-0.3, -0.25) is 4.79 Å². The van der Waals surface area contributed by atoms with E-state index in [2.05, 4.69) is 189 Å². The molecule has 0 aromatic heterocycles. The van der Waals surface area contributed by atoms with Crippen LogP contribution in [0.25, 0.3) is 0 Å². The molecule has 2 aliphatic rings. The van der Waals surface area contributed by atoms with Gasteiger partial charge in [0.05, 0.1) is 32.0 Å². The molecule has 0 aromatic carbocycles. The highest BCUT2D eigenvalue weighted by Gasteiger charge is 2.51. The summed E-state index contributed by atoms with van der Waals surface area (Å²) < 4.78 is 22.8. The van der Waals surface area contributed by atoms with E-state index in [-0.39, 0.29) is 18.9 Å². The number of hydrogen-bond acceptors (Lipinski definition) is 13. The van der Waals surface area contributed by atoms with E-state index >= 15 is 0 Å². The van der Waals surface area contributed by atoms with Gasteiger partial charge in [0.1, 0.15) is 48.8 Å². The number of carbonyl (C=O) groups is 1. The highest BCUT2D eigenvalue weighted by Crippen LogP contribution is 2.30. The van der Waals surface area contributed by atoms with Gasteiger partial charge in [-0.05, 0) is 135 Å². The highest BCUT2D eigenvalue weighted by atomic mass is 16.7. The lowest BCUT2D eigenvalue weighted by molar-refractivity contribution is -0.359. The van der Waals surface area contributed by atoms with Crippen molar-refractivity contribution in [3.8, 4) is 0 Å². The average molecular weight is 1410 g/mol. The van der Waals surface area contributed by atoms with E-state index in [9.17, 15) is 45.6 Å². The van der Waals surface area contributed by atoms with Crippen LogP contribution in [0, 0.1) is 0 Å². The third-order valence-electron chi connectivity index (χ3n) is 17.8. The Labute approximate surface area is 612 Å². The van der Waals surface area contributed by atoms with E-state index in [1.165, 1.54) is 116 Å². The average Bonchev–Trinajstić information content (AvgIpc) is 0.790. The first-order valence-electron chi connectivity index (χ1n) is 39.5. The van der Waals surface area contributed by atoms with Gasteiger partial charge in [-0.1, -0.05) is 305 Å². The lowest BCUT2D eigenvalue weighted by Crippen LogP contribution is -2.65. The molecule has 0 saturated carbocycles. The van der Waals surface area contributed by atoms with Crippen molar-refractivity contribution in [3.05, 3.63) is 182 Å². The first-order chi connectivity index (χ1) is 49.6. The van der Waals surface area contributed by atoms with Crippen molar-refractivity contribution in [2.75, 3.05) is 19.8 Å². The third-order valence-corrected chi connectivity index (χ3v) is 17.8. The lowest BCUT2D eigenvalue weighted by atomic mass is 9.97. The SMILES string of the molecule is CC/C=C\C/C=C\C/C=C\C/C=C\C/C=C\C/C=C\C/C=C\C/C=C\C/C=C\C/C=C\C/C=C\C/C=C\CCCCC(=O)NC(COC1OC(CO)C(OC2OC(CO)C(O)C(O)C2O)C(O)C1O)C(O)/C=C/CC/C=C/CC/C=C/CCCCCCCCCCCCCCCCCCCC. The fourth-order valence-electron chi connectivity index (χ4n) is 11.6. The predicted molar refractivity (Wildman–Crippen MR) is 419 cm³/mol. The molecule has 1 amide bonds. The molecule has 0 spiro atoms. The molecule has 12 unspecified atom stereocenters. The number of unbranched alkanes of at least 4 members (excludes halogenated alkanes) is 22. The number of amides is 1. The Morgan fingerprint density at radius 2 is 0.693 bits per heavy atom. The quantitative estimate of drug-likeness (QED) is 0.0204. The number of rotatable bonds is 63. The lowest BCUT2D eigenvalue weighted by Gasteiger charge is -2.46. The van der Waals surface area contributed by atoms with Crippen LogP contribution in [0.3, 0.4) is 0 Å². The summed E-state index contributed by atoms with van der Waals surface area (Å²) in [6.45, 7) is 2.64. The number of aliphatic hydroxyl groups is 8. The molecule has 572 valence electrons. The van der Waals surface area contributed by atoms with Crippen LogP contribution in [-0.4, -0.2) is 140 Å². The molecule has 0 bridgehead atoms.